The van der Waals surface area contributed by atoms with Crippen LogP contribution in [0, 0.1) is 105 Å². The Kier molecular flexibility index (Phi) is 51.7. The molecule has 0 saturated carbocycles. The van der Waals surface area contributed by atoms with E-state index in [1.165, 1.54) is 16.7 Å². The summed E-state index contributed by atoms with van der Waals surface area (Å²) in [6, 6.07) is 184. The summed E-state index contributed by atoms with van der Waals surface area (Å²) in [5.41, 5.74) is 27.3. The van der Waals surface area contributed by atoms with Crippen LogP contribution in [0.4, 0.5) is 0 Å². The molecule has 0 aliphatic carbocycles. The summed E-state index contributed by atoms with van der Waals surface area (Å²) >= 11 is 0. The first kappa shape index (κ1) is 116. The fraction of sp³-hybridized carbons (Fsp3) is 0.109. The van der Waals surface area contributed by atoms with Gasteiger partial charge in [0.15, 0.2) is 0 Å². The second-order valence-electron chi connectivity index (χ2n) is 33.7. The predicted octanol–water partition coefficient (Wildman–Crippen LogP) is 31.4. The summed E-state index contributed by atoms with van der Waals surface area (Å²) < 4.78 is 0. The third-order valence-electron chi connectivity index (χ3n) is 20.1. The van der Waals surface area contributed by atoms with E-state index < -0.39 is 0 Å². The third kappa shape index (κ3) is 40.8. The van der Waals surface area contributed by atoms with Gasteiger partial charge >= 0.3 is 82.5 Å². The van der Waals surface area contributed by atoms with Crippen molar-refractivity contribution in [2.75, 3.05) is 0 Å². The molecule has 0 saturated heterocycles. The molecule has 0 aliphatic heterocycles. The molecule has 0 fully saturated rings. The molecular formula is C129H108N7Ni5. The van der Waals surface area contributed by atoms with Crippen molar-refractivity contribution >= 4 is 6.08 Å². The van der Waals surface area contributed by atoms with E-state index in [-0.39, 0.29) is 98.7 Å². The summed E-state index contributed by atoms with van der Waals surface area (Å²) in [6.45, 7) is 29.6. The van der Waals surface area contributed by atoms with Crippen LogP contribution in [0.1, 0.15) is 96.0 Å². The molecule has 7 nitrogen and oxygen atoms in total. The SMILES string of the molecule is CC(C)(C)c1cc[c-]cc1.Cc1c[c-]cc(C)n1.[CH-]=Cc1cc(C(C)(C)C)cc(C(C)(C)C)c1.[Ni+3].[Ni+3].[Ni+3].[Ni+3].[Ni+3].[c-]1ccccc1.[c-]1ccccc1-c1cccc(-c2[c-]cccc2)n1.[c-]1ccccc1-c1cccc(-c2[c-]cccc2)n1.[c-]1ccccc1-c1cccc(-c2[c-]cccc2)n1.[c-]1ccccc1-c1cccc(-c2[c-]cccc2)n1.[c-]1ccccc1-c1cccc(-c2[c-]cccc2)n1.[c-]1ccncc1. The fourth-order valence-corrected chi connectivity index (χ4v) is 12.9. The van der Waals surface area contributed by atoms with E-state index in [4.69, 9.17) is 6.58 Å². The van der Waals surface area contributed by atoms with Crippen LogP contribution in [0.15, 0.2) is 443 Å². The van der Waals surface area contributed by atoms with E-state index in [0.717, 1.165) is 130 Å². The van der Waals surface area contributed by atoms with E-state index in [1.54, 1.807) is 30.6 Å². The van der Waals surface area contributed by atoms with Crippen LogP contribution in [-0.4, -0.2) is 34.9 Å². The minimum atomic E-state index is 0. The summed E-state index contributed by atoms with van der Waals surface area (Å²) in [5.74, 6) is 0. The maximum absolute atomic E-state index is 5.65. The standard InChI is InChI=1S/5C17H11N.C16H23.C10H13.C7H8N.C6H5.C5H4N.5Ni/c5*1-3-8-14(9-4-1)16-12-7-13-17(18-16)15-10-5-2-6-11-15;1-8-12-9-13(15(2,3)4)11-14(10-12)16(5,6)7;1-10(2,3)9-7-5-4-6-8-9;1-6-4-3-5-7(2)8-6;2*1-2-4-6-5-3-1;;;;;/h5*1-8,10,12-13H;1,8-11H,2-7H3;5-8H,1-3H3;4-5H,1-2H3;1-5H;2-5H;;;;;/q5*-2;5*-1;5*+3. The largest absolute Gasteiger partial charge is 3.00 e. The van der Waals surface area contributed by atoms with Crippen LogP contribution in [0.2, 0.25) is 0 Å². The fourth-order valence-electron chi connectivity index (χ4n) is 12.9. The number of aromatic nitrogens is 7. The monoisotopic (exact) mass is 2040 g/mol. The van der Waals surface area contributed by atoms with Crippen molar-refractivity contribution in [1.29, 1.82) is 0 Å². The van der Waals surface area contributed by atoms with Crippen LogP contribution >= 0.6 is 0 Å². The van der Waals surface area contributed by atoms with Crippen molar-refractivity contribution in [3.63, 3.8) is 0 Å². The quantitative estimate of drug-likeness (QED) is 0.0941. The van der Waals surface area contributed by atoms with Gasteiger partial charge in [0.25, 0.3) is 0 Å². The van der Waals surface area contributed by atoms with Gasteiger partial charge in [-0.05, 0) is 73.2 Å². The average Bonchev–Trinajstić information content (AvgIpc) is 0.797. The van der Waals surface area contributed by atoms with Crippen molar-refractivity contribution in [2.24, 2.45) is 0 Å². The Hall–Kier alpha value is -13.9. The summed E-state index contributed by atoms with van der Waals surface area (Å²) in [6.07, 6.45) is 5.07. The average molecular weight is 2050 g/mol. The predicted molar refractivity (Wildman–Crippen MR) is 561 cm³/mol. The van der Waals surface area contributed by atoms with Gasteiger partial charge in [-0.2, -0.15) is 114 Å². The minimum Gasteiger partial charge on any atom is -0.391 e. The number of hydrogen-bond donors (Lipinski definition) is 0. The van der Waals surface area contributed by atoms with E-state index in [0.29, 0.717) is 0 Å². The Balaban J connectivity index is 0.000000243. The Morgan fingerprint density at radius 1 is 0.206 bits per heavy atom. The van der Waals surface area contributed by atoms with Gasteiger partial charge in [-0.15, -0.1) is 371 Å². The van der Waals surface area contributed by atoms with Crippen LogP contribution < -0.4 is 0 Å². The zero-order chi connectivity index (χ0) is 95.7. The Morgan fingerprint density at radius 2 is 0.411 bits per heavy atom. The summed E-state index contributed by atoms with van der Waals surface area (Å²) in [7, 11) is 0. The van der Waals surface area contributed by atoms with Gasteiger partial charge in [-0.3, -0.25) is 6.58 Å². The van der Waals surface area contributed by atoms with Crippen molar-refractivity contribution in [3.8, 4) is 113 Å². The normalized spacial score (nSPS) is 9.98. The third-order valence-corrected chi connectivity index (χ3v) is 20.1. The van der Waals surface area contributed by atoms with Crippen LogP contribution in [0.25, 0.3) is 119 Å². The number of benzene rings is 13. The molecule has 0 atom stereocenters. The van der Waals surface area contributed by atoms with Crippen molar-refractivity contribution in [3.05, 3.63) is 568 Å². The Morgan fingerprint density at radius 3 is 0.546 bits per heavy atom. The van der Waals surface area contributed by atoms with Gasteiger partial charge in [0.1, 0.15) is 0 Å². The molecule has 0 bridgehead atoms. The summed E-state index contributed by atoms with van der Waals surface area (Å²) in [5, 5.41) is 0. The van der Waals surface area contributed by atoms with Gasteiger partial charge in [0, 0.05) is 0 Å². The van der Waals surface area contributed by atoms with Crippen LogP contribution in [-0.2, 0) is 98.7 Å². The van der Waals surface area contributed by atoms with Crippen molar-refractivity contribution in [2.45, 2.75) is 92.4 Å². The van der Waals surface area contributed by atoms with Gasteiger partial charge in [0.05, 0.1) is 0 Å². The van der Waals surface area contributed by atoms with E-state index >= 15 is 0 Å². The number of pyridine rings is 7. The molecular weight excluding hydrogens is 1940 g/mol. The molecule has 0 amide bonds. The molecule has 7 heterocycles. The molecule has 141 heavy (non-hydrogen) atoms. The van der Waals surface area contributed by atoms with Gasteiger partial charge in [-0.25, -0.2) is 6.08 Å². The molecule has 0 N–H and O–H groups in total. The van der Waals surface area contributed by atoms with Crippen LogP contribution in [0.5, 0.6) is 0 Å². The zero-order valence-electron chi connectivity index (χ0n) is 80.5. The minimum absolute atomic E-state index is 0. The van der Waals surface area contributed by atoms with E-state index in [9.17, 15) is 0 Å². The second-order valence-corrected chi connectivity index (χ2v) is 33.7. The first-order valence-corrected chi connectivity index (χ1v) is 44.9. The summed E-state index contributed by atoms with van der Waals surface area (Å²) in [4.78, 5) is 31.1. The molecule has 20 aromatic rings. The maximum atomic E-state index is 5.65. The Labute approximate surface area is 888 Å². The molecule has 709 valence electrons. The molecule has 0 aliphatic rings. The van der Waals surface area contributed by atoms with E-state index in [2.05, 4.69) is 212 Å². The van der Waals surface area contributed by atoms with Crippen molar-refractivity contribution < 1.29 is 82.5 Å². The molecule has 7 aromatic heterocycles. The van der Waals surface area contributed by atoms with E-state index in [1.807, 2.05) is 402 Å². The molecule has 12 heteroatoms. The molecule has 0 unspecified atom stereocenters. The molecule has 5 radical (unpaired) electrons. The maximum Gasteiger partial charge on any atom is 3.00 e. The molecule has 20 rings (SSSR count). The molecule has 0 spiro atoms. The number of rotatable bonds is 11. The van der Waals surface area contributed by atoms with Crippen molar-refractivity contribution in [1.82, 2.24) is 34.9 Å². The zero-order valence-corrected chi connectivity index (χ0v) is 85.5. The number of aryl methyl sites for hydroxylation is 2. The first-order chi connectivity index (χ1) is 66.2. The first-order valence-electron chi connectivity index (χ1n) is 44.9. The van der Waals surface area contributed by atoms with Gasteiger partial charge in [0.2, 0.25) is 0 Å². The number of nitrogens with zero attached hydrogens (tertiary/aromatic N) is 7. The topological polar surface area (TPSA) is 90.2 Å². The second kappa shape index (κ2) is 62.9. The number of hydrogen-bond acceptors (Lipinski definition) is 7. The van der Waals surface area contributed by atoms with Gasteiger partial charge in [-0.1, -0.05) is 208 Å². The smallest absolute Gasteiger partial charge is 0.391 e. The van der Waals surface area contributed by atoms with Gasteiger partial charge < -0.3 is 34.9 Å². The molecule has 13 aromatic carbocycles. The Bertz CT molecular complexity index is 5660. The van der Waals surface area contributed by atoms with Crippen LogP contribution in [0.3, 0.4) is 0 Å².